The number of hydrogen-bond donors (Lipinski definition) is 2. The van der Waals surface area contributed by atoms with Crippen LogP contribution in [0.15, 0.2) is 28.7 Å². The minimum Gasteiger partial charge on any atom is -0.492 e. The molecule has 0 radical (unpaired) electrons. The number of carboxylic acid groups (broad SMARTS) is 1. The Morgan fingerprint density at radius 2 is 2.20 bits per heavy atom. The van der Waals surface area contributed by atoms with Crippen molar-refractivity contribution in [2.24, 2.45) is 0 Å². The molecule has 0 aromatic heterocycles. The van der Waals surface area contributed by atoms with Crippen LogP contribution in [0.2, 0.25) is 0 Å². The molecule has 0 bridgehead atoms. The third-order valence-corrected chi connectivity index (χ3v) is 3.08. The molecule has 6 heteroatoms. The van der Waals surface area contributed by atoms with Crippen LogP contribution in [0.25, 0.3) is 6.08 Å². The number of halogens is 1. The molecule has 0 heterocycles. The van der Waals surface area contributed by atoms with E-state index in [9.17, 15) is 9.59 Å². The Morgan fingerprint density at radius 3 is 2.80 bits per heavy atom. The van der Waals surface area contributed by atoms with Gasteiger partial charge in [-0.25, -0.2) is 4.79 Å². The largest absolute Gasteiger partial charge is 0.492 e. The van der Waals surface area contributed by atoms with Crippen molar-refractivity contribution in [3.8, 4) is 5.75 Å². The lowest BCUT2D eigenvalue weighted by Crippen LogP contribution is -2.18. The molecule has 5 nitrogen and oxygen atoms in total. The van der Waals surface area contributed by atoms with Gasteiger partial charge in [-0.1, -0.05) is 6.07 Å². The van der Waals surface area contributed by atoms with Gasteiger partial charge in [-0.3, -0.25) is 4.79 Å². The summed E-state index contributed by atoms with van der Waals surface area (Å²) in [5.41, 5.74) is 0.761. The molecule has 1 amide bonds. The van der Waals surface area contributed by atoms with E-state index in [-0.39, 0.29) is 5.91 Å². The maximum absolute atomic E-state index is 11.0. The van der Waals surface area contributed by atoms with E-state index in [1.54, 1.807) is 25.2 Å². The Kier molecular flexibility index (Phi) is 6.79. The van der Waals surface area contributed by atoms with Crippen molar-refractivity contribution in [2.75, 3.05) is 13.7 Å². The average Bonchev–Trinajstić information content (AvgIpc) is 2.42. The van der Waals surface area contributed by atoms with E-state index in [0.717, 1.165) is 16.1 Å². The van der Waals surface area contributed by atoms with Gasteiger partial charge in [0.2, 0.25) is 5.91 Å². The van der Waals surface area contributed by atoms with Crippen molar-refractivity contribution in [2.45, 2.75) is 12.8 Å². The van der Waals surface area contributed by atoms with Crippen LogP contribution in [0.3, 0.4) is 0 Å². The van der Waals surface area contributed by atoms with Gasteiger partial charge in [0.25, 0.3) is 0 Å². The molecule has 0 aliphatic carbocycles. The minimum atomic E-state index is -0.990. The molecule has 0 atom stereocenters. The summed E-state index contributed by atoms with van der Waals surface area (Å²) in [6, 6.07) is 5.29. The quantitative estimate of drug-likeness (QED) is 0.590. The molecule has 1 aromatic carbocycles. The summed E-state index contributed by atoms with van der Waals surface area (Å²) in [4.78, 5) is 21.5. The monoisotopic (exact) mass is 341 g/mol. The molecule has 108 valence electrons. The molecule has 0 aliphatic rings. The number of benzene rings is 1. The Labute approximate surface area is 125 Å². The number of aliphatic carboxylic acids is 1. The highest BCUT2D eigenvalue weighted by Crippen LogP contribution is 2.26. The van der Waals surface area contributed by atoms with E-state index in [2.05, 4.69) is 21.2 Å². The maximum atomic E-state index is 11.0. The van der Waals surface area contributed by atoms with Gasteiger partial charge in [0.05, 0.1) is 11.1 Å². The standard InChI is InChI=1S/C14H16BrNO4/c1-16-13(17)3-2-8-20-12-6-4-10(9-11(12)15)5-7-14(18)19/h4-7,9H,2-3,8H2,1H3,(H,16,17)(H,18,19). The maximum Gasteiger partial charge on any atom is 0.328 e. The summed E-state index contributed by atoms with van der Waals surface area (Å²) in [7, 11) is 1.60. The summed E-state index contributed by atoms with van der Waals surface area (Å²) in [5.74, 6) is -0.341. The first-order valence-corrected chi connectivity index (χ1v) is 6.86. The molecule has 20 heavy (non-hydrogen) atoms. The highest BCUT2D eigenvalue weighted by Gasteiger charge is 2.03. The van der Waals surface area contributed by atoms with Gasteiger partial charge in [-0.05, 0) is 46.1 Å². The zero-order valence-corrected chi connectivity index (χ0v) is 12.6. The Balaban J connectivity index is 2.51. The van der Waals surface area contributed by atoms with Gasteiger partial charge < -0.3 is 15.2 Å². The van der Waals surface area contributed by atoms with Crippen LogP contribution >= 0.6 is 15.9 Å². The zero-order valence-electron chi connectivity index (χ0n) is 11.1. The lowest BCUT2D eigenvalue weighted by Gasteiger charge is -2.08. The van der Waals surface area contributed by atoms with Crippen molar-refractivity contribution in [1.29, 1.82) is 0 Å². The van der Waals surface area contributed by atoms with Crippen LogP contribution in [-0.4, -0.2) is 30.6 Å². The minimum absolute atomic E-state index is 0.0122. The molecule has 0 spiro atoms. The van der Waals surface area contributed by atoms with Gasteiger partial charge in [0, 0.05) is 19.5 Å². The molecule has 0 fully saturated rings. The fraction of sp³-hybridized carbons (Fsp3) is 0.286. The highest BCUT2D eigenvalue weighted by atomic mass is 79.9. The van der Waals surface area contributed by atoms with E-state index in [1.165, 1.54) is 6.08 Å². The van der Waals surface area contributed by atoms with Crippen LogP contribution < -0.4 is 10.1 Å². The summed E-state index contributed by atoms with van der Waals surface area (Å²) >= 11 is 3.36. The van der Waals surface area contributed by atoms with Crippen LogP contribution in [0.4, 0.5) is 0 Å². The fourth-order valence-electron chi connectivity index (χ4n) is 1.45. The van der Waals surface area contributed by atoms with Crippen LogP contribution in [-0.2, 0) is 9.59 Å². The topological polar surface area (TPSA) is 75.6 Å². The summed E-state index contributed by atoms with van der Waals surface area (Å²) < 4.78 is 6.29. The van der Waals surface area contributed by atoms with Crippen LogP contribution in [0, 0.1) is 0 Å². The van der Waals surface area contributed by atoms with Gasteiger partial charge in [0.15, 0.2) is 0 Å². The third kappa shape index (κ3) is 5.88. The van der Waals surface area contributed by atoms with Crippen molar-refractivity contribution in [3.63, 3.8) is 0 Å². The number of carbonyl (C=O) groups is 2. The predicted octanol–water partition coefficient (Wildman–Crippen LogP) is 2.45. The molecule has 0 aliphatic heterocycles. The lowest BCUT2D eigenvalue weighted by molar-refractivity contribution is -0.131. The molecule has 0 saturated heterocycles. The smallest absolute Gasteiger partial charge is 0.328 e. The normalized spacial score (nSPS) is 10.5. The second-order valence-corrected chi connectivity index (χ2v) is 4.84. The van der Waals surface area contributed by atoms with Crippen LogP contribution in [0.5, 0.6) is 5.75 Å². The molecule has 2 N–H and O–H groups in total. The van der Waals surface area contributed by atoms with Gasteiger partial charge >= 0.3 is 5.97 Å². The Morgan fingerprint density at radius 1 is 1.45 bits per heavy atom. The first-order chi connectivity index (χ1) is 9.52. The van der Waals surface area contributed by atoms with Crippen molar-refractivity contribution >= 4 is 33.9 Å². The Hall–Kier alpha value is -1.82. The highest BCUT2D eigenvalue weighted by molar-refractivity contribution is 9.10. The van der Waals surface area contributed by atoms with Crippen molar-refractivity contribution < 1.29 is 19.4 Å². The zero-order chi connectivity index (χ0) is 15.0. The summed E-state index contributed by atoms with van der Waals surface area (Å²) in [6.45, 7) is 0.441. The van der Waals surface area contributed by atoms with E-state index in [4.69, 9.17) is 9.84 Å². The van der Waals surface area contributed by atoms with E-state index >= 15 is 0 Å². The molecular weight excluding hydrogens is 326 g/mol. The summed E-state index contributed by atoms with van der Waals surface area (Å²) in [6.07, 6.45) is 3.63. The number of carboxylic acids is 1. The van der Waals surface area contributed by atoms with Gasteiger partial charge in [-0.2, -0.15) is 0 Å². The van der Waals surface area contributed by atoms with E-state index in [0.29, 0.717) is 25.2 Å². The SMILES string of the molecule is CNC(=O)CCCOc1ccc(C=CC(=O)O)cc1Br. The lowest BCUT2D eigenvalue weighted by atomic mass is 10.2. The molecule has 0 unspecified atom stereocenters. The second kappa shape index (κ2) is 8.37. The molecule has 1 aromatic rings. The number of amides is 1. The van der Waals surface area contributed by atoms with Gasteiger partial charge in [0.1, 0.15) is 5.75 Å². The van der Waals surface area contributed by atoms with E-state index in [1.807, 2.05) is 0 Å². The predicted molar refractivity (Wildman–Crippen MR) is 79.6 cm³/mol. The van der Waals surface area contributed by atoms with Crippen LogP contribution in [0.1, 0.15) is 18.4 Å². The summed E-state index contributed by atoms with van der Waals surface area (Å²) in [5, 5.41) is 11.1. The van der Waals surface area contributed by atoms with Gasteiger partial charge in [-0.15, -0.1) is 0 Å². The first kappa shape index (κ1) is 16.2. The number of carbonyl (C=O) groups excluding carboxylic acids is 1. The number of rotatable bonds is 7. The Bertz CT molecular complexity index is 514. The molecule has 1 rings (SSSR count). The fourth-order valence-corrected chi connectivity index (χ4v) is 1.96. The van der Waals surface area contributed by atoms with E-state index < -0.39 is 5.97 Å². The first-order valence-electron chi connectivity index (χ1n) is 6.07. The molecule has 0 saturated carbocycles. The average molecular weight is 342 g/mol. The number of hydrogen-bond acceptors (Lipinski definition) is 3. The van der Waals surface area contributed by atoms with Crippen molar-refractivity contribution in [1.82, 2.24) is 5.32 Å². The third-order valence-electron chi connectivity index (χ3n) is 2.46. The van der Waals surface area contributed by atoms with Crippen molar-refractivity contribution in [3.05, 3.63) is 34.3 Å². The molecular formula is C14H16BrNO4. The number of ether oxygens (including phenoxy) is 1. The second-order valence-electron chi connectivity index (χ2n) is 3.99. The number of nitrogens with one attached hydrogen (secondary N) is 1.